The molecule has 3 rings (SSSR count). The van der Waals surface area contributed by atoms with Crippen molar-refractivity contribution in [1.29, 1.82) is 0 Å². The third kappa shape index (κ3) is 3.33. The van der Waals surface area contributed by atoms with E-state index >= 15 is 0 Å². The SMILES string of the molecule is Cc1nc(-c2ccc(C(=O)N3CCN(C)C[C@H]3C(C)C)cc2)n[nH]1. The molecule has 128 valence electrons. The maximum Gasteiger partial charge on any atom is 0.254 e. The topological polar surface area (TPSA) is 65.1 Å². The van der Waals surface area contributed by atoms with Gasteiger partial charge in [-0.1, -0.05) is 26.0 Å². The van der Waals surface area contributed by atoms with E-state index in [1.54, 1.807) is 0 Å². The number of aromatic amines is 1. The Labute approximate surface area is 142 Å². The van der Waals surface area contributed by atoms with Gasteiger partial charge in [0.1, 0.15) is 5.82 Å². The van der Waals surface area contributed by atoms with Crippen LogP contribution in [0.5, 0.6) is 0 Å². The zero-order valence-electron chi connectivity index (χ0n) is 14.8. The smallest absolute Gasteiger partial charge is 0.254 e. The zero-order chi connectivity index (χ0) is 17.3. The molecular weight excluding hydrogens is 302 g/mol. The first-order chi connectivity index (χ1) is 11.5. The molecule has 1 saturated heterocycles. The summed E-state index contributed by atoms with van der Waals surface area (Å²) in [7, 11) is 2.12. The average molecular weight is 327 g/mol. The first kappa shape index (κ1) is 16.6. The van der Waals surface area contributed by atoms with Gasteiger partial charge in [0, 0.05) is 36.8 Å². The van der Waals surface area contributed by atoms with Crippen molar-refractivity contribution in [3.05, 3.63) is 35.7 Å². The van der Waals surface area contributed by atoms with Gasteiger partial charge >= 0.3 is 0 Å². The van der Waals surface area contributed by atoms with Crippen LogP contribution in [0.4, 0.5) is 0 Å². The molecule has 1 N–H and O–H groups in total. The Hall–Kier alpha value is -2.21. The van der Waals surface area contributed by atoms with E-state index in [2.05, 4.69) is 41.0 Å². The summed E-state index contributed by atoms with van der Waals surface area (Å²) in [5, 5.41) is 6.99. The first-order valence-electron chi connectivity index (χ1n) is 8.44. The molecule has 0 saturated carbocycles. The van der Waals surface area contributed by atoms with E-state index in [1.165, 1.54) is 0 Å². The monoisotopic (exact) mass is 327 g/mol. The lowest BCUT2D eigenvalue weighted by Gasteiger charge is -2.42. The molecule has 1 aliphatic heterocycles. The Morgan fingerprint density at radius 2 is 1.96 bits per heavy atom. The van der Waals surface area contributed by atoms with Crippen LogP contribution in [-0.4, -0.2) is 63.6 Å². The number of hydrogen-bond acceptors (Lipinski definition) is 4. The van der Waals surface area contributed by atoms with Crippen molar-refractivity contribution in [1.82, 2.24) is 25.0 Å². The van der Waals surface area contributed by atoms with Crippen molar-refractivity contribution in [3.63, 3.8) is 0 Å². The molecule has 6 heteroatoms. The maximum atomic E-state index is 12.9. The number of aromatic nitrogens is 3. The summed E-state index contributed by atoms with van der Waals surface area (Å²) in [6, 6.07) is 7.83. The number of piperazine rings is 1. The summed E-state index contributed by atoms with van der Waals surface area (Å²) in [6.07, 6.45) is 0. The molecule has 24 heavy (non-hydrogen) atoms. The van der Waals surface area contributed by atoms with Gasteiger partial charge in [0.25, 0.3) is 5.91 Å². The Morgan fingerprint density at radius 1 is 1.25 bits per heavy atom. The van der Waals surface area contributed by atoms with Gasteiger partial charge in [-0.25, -0.2) is 4.98 Å². The minimum Gasteiger partial charge on any atom is -0.333 e. The predicted molar refractivity (Wildman–Crippen MR) is 93.7 cm³/mol. The average Bonchev–Trinajstić information content (AvgIpc) is 3.01. The van der Waals surface area contributed by atoms with Crippen molar-refractivity contribution in [2.24, 2.45) is 5.92 Å². The van der Waals surface area contributed by atoms with E-state index in [-0.39, 0.29) is 11.9 Å². The fourth-order valence-electron chi connectivity index (χ4n) is 3.18. The van der Waals surface area contributed by atoms with Crippen molar-refractivity contribution >= 4 is 5.91 Å². The van der Waals surface area contributed by atoms with Crippen LogP contribution >= 0.6 is 0 Å². The molecule has 0 bridgehead atoms. The second kappa shape index (κ2) is 6.73. The first-order valence-corrected chi connectivity index (χ1v) is 8.44. The second-order valence-electron chi connectivity index (χ2n) is 6.89. The minimum absolute atomic E-state index is 0.111. The molecule has 0 unspecified atom stereocenters. The molecule has 0 radical (unpaired) electrons. The van der Waals surface area contributed by atoms with Gasteiger partial charge in [-0.2, -0.15) is 5.10 Å². The number of aryl methyl sites for hydroxylation is 1. The number of nitrogens with one attached hydrogen (secondary N) is 1. The molecule has 1 fully saturated rings. The number of carbonyl (C=O) groups is 1. The van der Waals surface area contributed by atoms with Crippen LogP contribution in [0.15, 0.2) is 24.3 Å². The van der Waals surface area contributed by atoms with E-state index in [9.17, 15) is 4.79 Å². The predicted octanol–water partition coefficient (Wildman–Crippen LogP) is 2.19. The molecule has 2 aromatic rings. The standard InChI is InChI=1S/C18H25N5O/c1-12(2)16-11-22(4)9-10-23(16)18(24)15-7-5-14(6-8-15)17-19-13(3)20-21-17/h5-8,12,16H,9-11H2,1-4H3,(H,19,20,21)/t16-/m0/s1. The number of nitrogens with zero attached hydrogens (tertiary/aromatic N) is 4. The second-order valence-corrected chi connectivity index (χ2v) is 6.89. The van der Waals surface area contributed by atoms with Crippen LogP contribution in [0.2, 0.25) is 0 Å². The minimum atomic E-state index is 0.111. The number of rotatable bonds is 3. The molecule has 1 atom stereocenters. The van der Waals surface area contributed by atoms with Gasteiger partial charge in [0.05, 0.1) is 0 Å². The Kier molecular flexibility index (Phi) is 4.66. The number of likely N-dealkylation sites (N-methyl/N-ethyl adjacent to an activating group) is 1. The number of amides is 1. The van der Waals surface area contributed by atoms with Crippen LogP contribution in [0.1, 0.15) is 30.0 Å². The van der Waals surface area contributed by atoms with Crippen molar-refractivity contribution in [2.45, 2.75) is 26.8 Å². The summed E-state index contributed by atoms with van der Waals surface area (Å²) in [5.41, 5.74) is 1.64. The molecule has 2 heterocycles. The fraction of sp³-hybridized carbons (Fsp3) is 0.500. The fourth-order valence-corrected chi connectivity index (χ4v) is 3.18. The van der Waals surface area contributed by atoms with Gasteiger partial charge in [-0.05, 0) is 32.0 Å². The highest BCUT2D eigenvalue weighted by Crippen LogP contribution is 2.21. The van der Waals surface area contributed by atoms with Gasteiger partial charge in [0.2, 0.25) is 0 Å². The molecule has 1 aromatic carbocycles. The largest absolute Gasteiger partial charge is 0.333 e. The highest BCUT2D eigenvalue weighted by Gasteiger charge is 2.31. The van der Waals surface area contributed by atoms with Gasteiger partial charge in [-0.3, -0.25) is 9.89 Å². The van der Waals surface area contributed by atoms with Crippen molar-refractivity contribution < 1.29 is 4.79 Å². The van der Waals surface area contributed by atoms with E-state index < -0.39 is 0 Å². The number of carbonyl (C=O) groups excluding carboxylic acids is 1. The van der Waals surface area contributed by atoms with Crippen LogP contribution < -0.4 is 0 Å². The lowest BCUT2D eigenvalue weighted by atomic mass is 9.98. The van der Waals surface area contributed by atoms with E-state index in [0.29, 0.717) is 11.7 Å². The molecule has 6 nitrogen and oxygen atoms in total. The normalized spacial score (nSPS) is 19.0. The summed E-state index contributed by atoms with van der Waals surface area (Å²) < 4.78 is 0. The molecule has 1 amide bonds. The molecule has 0 aliphatic carbocycles. The van der Waals surface area contributed by atoms with Gasteiger partial charge < -0.3 is 9.80 Å². The highest BCUT2D eigenvalue weighted by molar-refractivity contribution is 5.95. The lowest BCUT2D eigenvalue weighted by molar-refractivity contribution is 0.0402. The van der Waals surface area contributed by atoms with Gasteiger partial charge in [0.15, 0.2) is 5.82 Å². The van der Waals surface area contributed by atoms with Crippen molar-refractivity contribution in [2.75, 3.05) is 26.7 Å². The summed E-state index contributed by atoms with van der Waals surface area (Å²) in [6.45, 7) is 8.85. The molecule has 1 aromatic heterocycles. The summed E-state index contributed by atoms with van der Waals surface area (Å²) in [5.74, 6) is 1.99. The van der Waals surface area contributed by atoms with Crippen LogP contribution in [0, 0.1) is 12.8 Å². The lowest BCUT2D eigenvalue weighted by Crippen LogP contribution is -2.56. The molecule has 1 aliphatic rings. The van der Waals surface area contributed by atoms with Crippen LogP contribution in [-0.2, 0) is 0 Å². The number of hydrogen-bond donors (Lipinski definition) is 1. The quantitative estimate of drug-likeness (QED) is 0.938. The third-order valence-corrected chi connectivity index (χ3v) is 4.64. The zero-order valence-corrected chi connectivity index (χ0v) is 14.8. The Balaban J connectivity index is 1.79. The van der Waals surface area contributed by atoms with E-state index in [1.807, 2.05) is 36.1 Å². The number of H-pyrrole nitrogens is 1. The Bertz CT molecular complexity index is 706. The van der Waals surface area contributed by atoms with Crippen LogP contribution in [0.3, 0.4) is 0 Å². The van der Waals surface area contributed by atoms with E-state index in [0.717, 1.165) is 36.6 Å². The maximum absolute atomic E-state index is 12.9. The number of benzene rings is 1. The van der Waals surface area contributed by atoms with Gasteiger partial charge in [-0.15, -0.1) is 0 Å². The molecule has 0 spiro atoms. The van der Waals surface area contributed by atoms with Crippen molar-refractivity contribution in [3.8, 4) is 11.4 Å². The van der Waals surface area contributed by atoms with E-state index in [4.69, 9.17) is 0 Å². The molecular formula is C18H25N5O. The Morgan fingerprint density at radius 3 is 2.54 bits per heavy atom. The summed E-state index contributed by atoms with van der Waals surface area (Å²) >= 11 is 0. The highest BCUT2D eigenvalue weighted by atomic mass is 16.2. The van der Waals surface area contributed by atoms with Crippen LogP contribution in [0.25, 0.3) is 11.4 Å². The summed E-state index contributed by atoms with van der Waals surface area (Å²) in [4.78, 5) is 21.6. The third-order valence-electron chi connectivity index (χ3n) is 4.64.